The van der Waals surface area contributed by atoms with Crippen LogP contribution in [-0.4, -0.2) is 28.2 Å². The summed E-state index contributed by atoms with van der Waals surface area (Å²) in [5.74, 6) is 2.65. The molecule has 0 aliphatic rings. The van der Waals surface area contributed by atoms with Gasteiger partial charge in [0.25, 0.3) is 0 Å². The lowest BCUT2D eigenvalue weighted by molar-refractivity contribution is 1.14. The number of nitrogens with zero attached hydrogens (tertiary/aromatic N) is 6. The second kappa shape index (κ2) is 6.90. The Labute approximate surface area is 189 Å². The van der Waals surface area contributed by atoms with Crippen LogP contribution in [0.4, 0.5) is 0 Å². The van der Waals surface area contributed by atoms with Gasteiger partial charge in [-0.1, -0.05) is 18.2 Å². The third-order valence-electron chi connectivity index (χ3n) is 6.02. The van der Waals surface area contributed by atoms with Crippen LogP contribution in [0.5, 0.6) is 0 Å². The maximum absolute atomic E-state index is 4.74. The molecule has 6 heteroatoms. The number of hydrogen-bond acceptors (Lipinski definition) is 3. The van der Waals surface area contributed by atoms with Gasteiger partial charge in [0.1, 0.15) is 17.5 Å². The summed E-state index contributed by atoms with van der Waals surface area (Å²) in [6, 6.07) is 24.8. The van der Waals surface area contributed by atoms with Crippen molar-refractivity contribution >= 4 is 16.6 Å². The van der Waals surface area contributed by atoms with E-state index >= 15 is 0 Å². The van der Waals surface area contributed by atoms with Crippen molar-refractivity contribution in [2.45, 2.75) is 0 Å². The first-order chi connectivity index (χ1) is 16.3. The molecule has 0 amide bonds. The zero-order chi connectivity index (χ0) is 21.8. The normalized spacial score (nSPS) is 11.6. The SMILES string of the molecule is c1ccn2c(-c3cc(-c4ncc5ccccn45)cc(-c4ncc5ccccn45)c3)ncc2c1. The molecule has 0 radical (unpaired) electrons. The fraction of sp³-hybridized carbons (Fsp3) is 0. The summed E-state index contributed by atoms with van der Waals surface area (Å²) in [6.07, 6.45) is 11.8. The van der Waals surface area contributed by atoms with Crippen molar-refractivity contribution < 1.29 is 0 Å². The lowest BCUT2D eigenvalue weighted by Gasteiger charge is -2.10. The smallest absolute Gasteiger partial charge is 0.144 e. The summed E-state index contributed by atoms with van der Waals surface area (Å²) in [5, 5.41) is 0. The monoisotopic (exact) mass is 426 g/mol. The van der Waals surface area contributed by atoms with Crippen LogP contribution in [0, 0.1) is 0 Å². The van der Waals surface area contributed by atoms with Gasteiger partial charge in [-0.15, -0.1) is 0 Å². The highest BCUT2D eigenvalue weighted by Crippen LogP contribution is 2.32. The maximum atomic E-state index is 4.74. The Balaban J connectivity index is 1.52. The number of aromatic nitrogens is 6. The van der Waals surface area contributed by atoms with Gasteiger partial charge in [0.05, 0.1) is 35.1 Å². The second-order valence-electron chi connectivity index (χ2n) is 8.03. The quantitative estimate of drug-likeness (QED) is 0.368. The molecule has 0 aliphatic heterocycles. The number of rotatable bonds is 3. The average Bonchev–Trinajstić information content (AvgIpc) is 3.60. The summed E-state index contributed by atoms with van der Waals surface area (Å²) < 4.78 is 6.32. The predicted molar refractivity (Wildman–Crippen MR) is 129 cm³/mol. The Morgan fingerprint density at radius 3 is 1.09 bits per heavy atom. The molecule has 6 nitrogen and oxygen atoms in total. The van der Waals surface area contributed by atoms with Crippen molar-refractivity contribution in [3.63, 3.8) is 0 Å². The summed E-state index contributed by atoms with van der Waals surface area (Å²) >= 11 is 0. The lowest BCUT2D eigenvalue weighted by Crippen LogP contribution is -1.95. The Morgan fingerprint density at radius 1 is 0.424 bits per heavy atom. The van der Waals surface area contributed by atoms with Crippen LogP contribution in [0.3, 0.4) is 0 Å². The Kier molecular flexibility index (Phi) is 3.75. The minimum atomic E-state index is 0.885. The van der Waals surface area contributed by atoms with Crippen LogP contribution >= 0.6 is 0 Å². The Hall–Kier alpha value is -4.71. The standard InChI is InChI=1S/C27H18N6/c1-4-10-31-22(7-1)16-28-25(31)19-13-20(26-29-17-23-8-2-5-11-32(23)26)15-21(14-19)27-30-18-24-9-3-6-12-33(24)27/h1-18H. The van der Waals surface area contributed by atoms with Crippen molar-refractivity contribution in [2.75, 3.05) is 0 Å². The Morgan fingerprint density at radius 2 is 0.758 bits per heavy atom. The molecule has 33 heavy (non-hydrogen) atoms. The summed E-state index contributed by atoms with van der Waals surface area (Å²) in [4.78, 5) is 14.2. The van der Waals surface area contributed by atoms with E-state index in [1.807, 2.05) is 73.6 Å². The van der Waals surface area contributed by atoms with Crippen LogP contribution < -0.4 is 0 Å². The fourth-order valence-electron chi connectivity index (χ4n) is 4.49. The molecule has 0 spiro atoms. The van der Waals surface area contributed by atoms with E-state index < -0.39 is 0 Å². The molecule has 0 saturated carbocycles. The van der Waals surface area contributed by atoms with E-state index in [2.05, 4.69) is 49.6 Å². The van der Waals surface area contributed by atoms with E-state index in [9.17, 15) is 0 Å². The predicted octanol–water partition coefficient (Wildman–Crippen LogP) is 5.63. The van der Waals surface area contributed by atoms with Gasteiger partial charge in [0, 0.05) is 35.3 Å². The highest BCUT2D eigenvalue weighted by atomic mass is 15.0. The minimum Gasteiger partial charge on any atom is -0.300 e. The van der Waals surface area contributed by atoms with E-state index in [-0.39, 0.29) is 0 Å². The van der Waals surface area contributed by atoms with Crippen molar-refractivity contribution in [2.24, 2.45) is 0 Å². The average molecular weight is 426 g/mol. The molecule has 156 valence electrons. The zero-order valence-corrected chi connectivity index (χ0v) is 17.6. The van der Waals surface area contributed by atoms with E-state index in [0.717, 1.165) is 50.7 Å². The third-order valence-corrected chi connectivity index (χ3v) is 6.02. The molecule has 0 aliphatic carbocycles. The van der Waals surface area contributed by atoms with Gasteiger partial charge < -0.3 is 0 Å². The molecule has 0 fully saturated rings. The highest BCUT2D eigenvalue weighted by Gasteiger charge is 2.16. The molecular formula is C27H18N6. The van der Waals surface area contributed by atoms with Crippen LogP contribution in [-0.2, 0) is 0 Å². The number of imidazole rings is 3. The van der Waals surface area contributed by atoms with Gasteiger partial charge in [0.15, 0.2) is 0 Å². The second-order valence-corrected chi connectivity index (χ2v) is 8.03. The molecule has 0 N–H and O–H groups in total. The van der Waals surface area contributed by atoms with E-state index in [4.69, 9.17) is 15.0 Å². The van der Waals surface area contributed by atoms with Crippen molar-refractivity contribution in [1.82, 2.24) is 28.2 Å². The maximum Gasteiger partial charge on any atom is 0.144 e. The molecule has 6 heterocycles. The van der Waals surface area contributed by atoms with Gasteiger partial charge in [-0.2, -0.15) is 0 Å². The molecule has 1 aromatic carbocycles. The van der Waals surface area contributed by atoms with Gasteiger partial charge >= 0.3 is 0 Å². The lowest BCUT2D eigenvalue weighted by atomic mass is 10.0. The van der Waals surface area contributed by atoms with Gasteiger partial charge in [-0.3, -0.25) is 13.2 Å². The number of pyridine rings is 3. The molecule has 7 rings (SSSR count). The first-order valence-corrected chi connectivity index (χ1v) is 10.8. The van der Waals surface area contributed by atoms with Crippen molar-refractivity contribution in [3.8, 4) is 34.2 Å². The molecule has 0 bridgehead atoms. The van der Waals surface area contributed by atoms with Gasteiger partial charge in [0.2, 0.25) is 0 Å². The highest BCUT2D eigenvalue weighted by molar-refractivity contribution is 5.78. The molecule has 7 aromatic rings. The fourth-order valence-corrected chi connectivity index (χ4v) is 4.49. The molecule has 6 aromatic heterocycles. The van der Waals surface area contributed by atoms with Crippen LogP contribution in [0.25, 0.3) is 50.7 Å². The minimum absolute atomic E-state index is 0.885. The summed E-state index contributed by atoms with van der Waals surface area (Å²) in [7, 11) is 0. The van der Waals surface area contributed by atoms with Crippen LogP contribution in [0.2, 0.25) is 0 Å². The van der Waals surface area contributed by atoms with Gasteiger partial charge in [-0.25, -0.2) is 15.0 Å². The Bertz CT molecular complexity index is 1560. The third kappa shape index (κ3) is 2.78. The van der Waals surface area contributed by atoms with E-state index in [1.165, 1.54) is 0 Å². The number of fused-ring (bicyclic) bond motifs is 3. The van der Waals surface area contributed by atoms with Gasteiger partial charge in [-0.05, 0) is 54.6 Å². The molecule has 0 unspecified atom stereocenters. The molecular weight excluding hydrogens is 408 g/mol. The van der Waals surface area contributed by atoms with Crippen molar-refractivity contribution in [1.29, 1.82) is 0 Å². The first kappa shape index (κ1) is 17.9. The number of benzene rings is 1. The van der Waals surface area contributed by atoms with Crippen LogP contribution in [0.1, 0.15) is 0 Å². The van der Waals surface area contributed by atoms with Crippen LogP contribution in [0.15, 0.2) is 110 Å². The molecule has 0 saturated heterocycles. The zero-order valence-electron chi connectivity index (χ0n) is 17.6. The molecule has 0 atom stereocenters. The van der Waals surface area contributed by atoms with E-state index in [0.29, 0.717) is 0 Å². The first-order valence-electron chi connectivity index (χ1n) is 10.8. The van der Waals surface area contributed by atoms with E-state index in [1.54, 1.807) is 0 Å². The summed E-state index contributed by atoms with van der Waals surface area (Å²) in [5.41, 5.74) is 6.18. The van der Waals surface area contributed by atoms with Crippen molar-refractivity contribution in [3.05, 3.63) is 110 Å². The number of hydrogen-bond donors (Lipinski definition) is 0. The topological polar surface area (TPSA) is 51.9 Å². The largest absolute Gasteiger partial charge is 0.300 e. The summed E-state index contributed by atoms with van der Waals surface area (Å²) in [6.45, 7) is 0.